The average Bonchev–Trinajstić information content (AvgIpc) is 2.82. The summed E-state index contributed by atoms with van der Waals surface area (Å²) in [5, 5.41) is 11.7. The zero-order valence-corrected chi connectivity index (χ0v) is 12.8. The maximum atomic E-state index is 12.3. The van der Waals surface area contributed by atoms with Crippen molar-refractivity contribution in [2.24, 2.45) is 29.6 Å². The molecule has 0 radical (unpaired) electrons. The van der Waals surface area contributed by atoms with Gasteiger partial charge in [0.2, 0.25) is 5.91 Å². The molecule has 0 aliphatic heterocycles. The molecule has 118 valence electrons. The lowest BCUT2D eigenvalue weighted by Gasteiger charge is -2.15. The zero-order chi connectivity index (χ0) is 15.4. The number of sulfone groups is 1. The van der Waals surface area contributed by atoms with Gasteiger partial charge in [-0.05, 0) is 49.4 Å². The van der Waals surface area contributed by atoms with Crippen molar-refractivity contribution in [3.8, 4) is 0 Å². The summed E-state index contributed by atoms with van der Waals surface area (Å²) < 4.78 is 22.3. The number of hydrogen-bond acceptors (Lipinski definition) is 4. The fourth-order valence-corrected chi connectivity index (χ4v) is 5.20. The summed E-state index contributed by atoms with van der Waals surface area (Å²) in [5.74, 6) is 0.582. The number of carbonyl (C=O) groups excluding carboxylic acids is 1. The molecule has 6 nitrogen and oxygen atoms in total. The van der Waals surface area contributed by atoms with Crippen LogP contribution < -0.4 is 5.32 Å². The number of carboxylic acids is 1. The third-order valence-corrected chi connectivity index (χ3v) is 6.41. The lowest BCUT2D eigenvalue weighted by Crippen LogP contribution is -2.43. The van der Waals surface area contributed by atoms with Crippen LogP contribution in [0.15, 0.2) is 0 Å². The molecule has 3 saturated carbocycles. The molecule has 0 aromatic heterocycles. The number of nitrogens with one attached hydrogen (secondary N) is 1. The third kappa shape index (κ3) is 2.80. The summed E-state index contributed by atoms with van der Waals surface area (Å²) in [5.41, 5.74) is 0. The number of aliphatic carboxylic acids is 1. The molecule has 3 aliphatic rings. The van der Waals surface area contributed by atoms with Crippen molar-refractivity contribution in [2.45, 2.75) is 31.7 Å². The van der Waals surface area contributed by atoms with Gasteiger partial charge in [-0.15, -0.1) is 0 Å². The van der Waals surface area contributed by atoms with Gasteiger partial charge in [0.05, 0.1) is 5.75 Å². The Morgan fingerprint density at radius 2 is 1.81 bits per heavy atom. The highest BCUT2D eigenvalue weighted by atomic mass is 32.2. The summed E-state index contributed by atoms with van der Waals surface area (Å²) in [6, 6.07) is -1.11. The van der Waals surface area contributed by atoms with Crippen LogP contribution in [0, 0.1) is 29.6 Å². The fourth-order valence-electron chi connectivity index (χ4n) is 4.53. The summed E-state index contributed by atoms with van der Waals surface area (Å²) in [7, 11) is -3.23. The molecule has 21 heavy (non-hydrogen) atoms. The number of fused-ring (bicyclic) bond motifs is 5. The van der Waals surface area contributed by atoms with E-state index < -0.39 is 21.8 Å². The van der Waals surface area contributed by atoms with Crippen molar-refractivity contribution < 1.29 is 23.1 Å². The Hall–Kier alpha value is -1.11. The molecule has 7 heteroatoms. The van der Waals surface area contributed by atoms with E-state index in [1.165, 1.54) is 19.3 Å². The molecule has 0 aromatic carbocycles. The predicted molar refractivity (Wildman–Crippen MR) is 75.2 cm³/mol. The van der Waals surface area contributed by atoms with E-state index >= 15 is 0 Å². The van der Waals surface area contributed by atoms with Gasteiger partial charge in [-0.2, -0.15) is 0 Å². The molecule has 1 amide bonds. The normalized spacial score (nSPS) is 37.9. The predicted octanol–water partition coefficient (Wildman–Crippen LogP) is 0.283. The van der Waals surface area contributed by atoms with E-state index in [1.54, 1.807) is 0 Å². The first-order valence-electron chi connectivity index (χ1n) is 7.49. The first-order chi connectivity index (χ1) is 9.78. The highest BCUT2D eigenvalue weighted by Gasteiger charge is 2.67. The molecule has 0 spiro atoms. The van der Waals surface area contributed by atoms with Crippen LogP contribution in [0.3, 0.4) is 0 Å². The van der Waals surface area contributed by atoms with Crippen LogP contribution in [0.2, 0.25) is 0 Å². The van der Waals surface area contributed by atoms with E-state index in [4.69, 9.17) is 5.11 Å². The van der Waals surface area contributed by atoms with Crippen LogP contribution in [0.1, 0.15) is 25.7 Å². The summed E-state index contributed by atoms with van der Waals surface area (Å²) >= 11 is 0. The molecule has 5 unspecified atom stereocenters. The molecular formula is C14H21NO5S. The van der Waals surface area contributed by atoms with E-state index in [0.717, 1.165) is 6.26 Å². The van der Waals surface area contributed by atoms with Gasteiger partial charge >= 0.3 is 5.97 Å². The van der Waals surface area contributed by atoms with Crippen LogP contribution in [-0.2, 0) is 19.4 Å². The number of carboxylic acid groups (broad SMARTS) is 1. The molecule has 5 atom stereocenters. The quantitative estimate of drug-likeness (QED) is 0.733. The van der Waals surface area contributed by atoms with Gasteiger partial charge in [-0.25, -0.2) is 13.2 Å². The van der Waals surface area contributed by atoms with Gasteiger partial charge in [-0.3, -0.25) is 4.79 Å². The minimum Gasteiger partial charge on any atom is -0.480 e. The highest BCUT2D eigenvalue weighted by Crippen LogP contribution is 2.69. The Labute approximate surface area is 124 Å². The molecular weight excluding hydrogens is 294 g/mol. The third-order valence-electron chi connectivity index (χ3n) is 5.43. The minimum atomic E-state index is -3.23. The number of hydrogen-bond donors (Lipinski definition) is 2. The van der Waals surface area contributed by atoms with Crippen molar-refractivity contribution in [1.29, 1.82) is 0 Å². The average molecular weight is 315 g/mol. The topological polar surface area (TPSA) is 101 Å². The van der Waals surface area contributed by atoms with Crippen LogP contribution in [0.5, 0.6) is 0 Å². The van der Waals surface area contributed by atoms with E-state index in [2.05, 4.69) is 5.32 Å². The van der Waals surface area contributed by atoms with E-state index in [0.29, 0.717) is 23.7 Å². The second kappa shape index (κ2) is 4.97. The first-order valence-corrected chi connectivity index (χ1v) is 9.55. The molecule has 0 saturated heterocycles. The maximum Gasteiger partial charge on any atom is 0.326 e. The number of amides is 1. The molecule has 3 aliphatic carbocycles. The number of carbonyl (C=O) groups is 2. The SMILES string of the molecule is CS(=O)(=O)CCC(NC(=O)C1C2C3CCC(C3)C12)C(=O)O. The van der Waals surface area contributed by atoms with Gasteiger partial charge in [0.1, 0.15) is 15.9 Å². The van der Waals surface area contributed by atoms with Gasteiger partial charge in [-0.1, -0.05) is 0 Å². The van der Waals surface area contributed by atoms with E-state index in [9.17, 15) is 18.0 Å². The number of rotatable bonds is 6. The van der Waals surface area contributed by atoms with Gasteiger partial charge in [0.15, 0.2) is 0 Å². The van der Waals surface area contributed by atoms with Gasteiger partial charge in [0, 0.05) is 12.2 Å². The molecule has 2 bridgehead atoms. The Kier molecular flexibility index (Phi) is 3.50. The minimum absolute atomic E-state index is 0.0312. The van der Waals surface area contributed by atoms with Crippen LogP contribution in [0.4, 0.5) is 0 Å². The second-order valence-electron chi connectivity index (χ2n) is 6.83. The van der Waals surface area contributed by atoms with Crippen molar-refractivity contribution in [3.63, 3.8) is 0 Å². The van der Waals surface area contributed by atoms with Crippen molar-refractivity contribution in [3.05, 3.63) is 0 Å². The lowest BCUT2D eigenvalue weighted by molar-refractivity contribution is -0.142. The van der Waals surface area contributed by atoms with Crippen LogP contribution in [-0.4, -0.2) is 43.5 Å². The fraction of sp³-hybridized carbons (Fsp3) is 0.857. The molecule has 2 N–H and O–H groups in total. The summed E-state index contributed by atoms with van der Waals surface area (Å²) in [6.45, 7) is 0. The Bertz CT molecular complexity index is 556. The van der Waals surface area contributed by atoms with Crippen molar-refractivity contribution >= 4 is 21.7 Å². The molecule has 3 rings (SSSR count). The van der Waals surface area contributed by atoms with Gasteiger partial charge in [0.25, 0.3) is 0 Å². The lowest BCUT2D eigenvalue weighted by atomic mass is 10.0. The van der Waals surface area contributed by atoms with Crippen molar-refractivity contribution in [2.75, 3.05) is 12.0 Å². The van der Waals surface area contributed by atoms with E-state index in [-0.39, 0.29) is 24.0 Å². The monoisotopic (exact) mass is 315 g/mol. The highest BCUT2D eigenvalue weighted by molar-refractivity contribution is 7.90. The largest absolute Gasteiger partial charge is 0.480 e. The van der Waals surface area contributed by atoms with E-state index in [1.807, 2.05) is 0 Å². The summed E-state index contributed by atoms with van der Waals surface area (Å²) in [4.78, 5) is 23.4. The second-order valence-corrected chi connectivity index (χ2v) is 9.09. The Morgan fingerprint density at radius 1 is 1.24 bits per heavy atom. The zero-order valence-electron chi connectivity index (χ0n) is 12.0. The smallest absolute Gasteiger partial charge is 0.326 e. The van der Waals surface area contributed by atoms with Crippen LogP contribution >= 0.6 is 0 Å². The molecule has 0 aromatic rings. The molecule has 0 heterocycles. The maximum absolute atomic E-state index is 12.3. The summed E-state index contributed by atoms with van der Waals surface area (Å²) in [6.07, 6.45) is 4.62. The standard InChI is InChI=1S/C14H21NO5S/c1-21(19,20)5-4-9(14(17)18)15-13(16)12-10-7-2-3-8(6-7)11(10)12/h7-12H,2-6H2,1H3,(H,15,16)(H,17,18). The first kappa shape index (κ1) is 14.8. The molecule has 3 fully saturated rings. The van der Waals surface area contributed by atoms with Gasteiger partial charge < -0.3 is 10.4 Å². The van der Waals surface area contributed by atoms with Crippen molar-refractivity contribution in [1.82, 2.24) is 5.32 Å². The van der Waals surface area contributed by atoms with Crippen LogP contribution in [0.25, 0.3) is 0 Å². The Balaban J connectivity index is 1.57. The Morgan fingerprint density at radius 3 is 2.29 bits per heavy atom.